The standard InChI is InChI=1S/C31H37FN4O5S/c1-22(2)41-23-10-12-24(13-11-23)42(38,39)36-27-14-15-28(40-4)33-29(27)31(30(36)37,25-8-5-6-9-26(25)32)16-7-17-35-20-18-34(3)19-21-35/h5-6,8-15,22H,7,16-21H2,1-4H3. The molecule has 1 unspecified atom stereocenters. The molecule has 0 spiro atoms. The summed E-state index contributed by atoms with van der Waals surface area (Å²) >= 11 is 0. The van der Waals surface area contributed by atoms with Gasteiger partial charge < -0.3 is 19.3 Å². The molecule has 1 fully saturated rings. The van der Waals surface area contributed by atoms with Gasteiger partial charge in [0.15, 0.2) is 0 Å². The first-order valence-corrected chi connectivity index (χ1v) is 15.6. The maximum Gasteiger partial charge on any atom is 0.271 e. The topological polar surface area (TPSA) is 92.3 Å². The van der Waals surface area contributed by atoms with Crippen LogP contribution in [0.4, 0.5) is 10.1 Å². The number of nitrogens with zero attached hydrogens (tertiary/aromatic N) is 4. The number of aromatic nitrogens is 1. The second-order valence-electron chi connectivity index (χ2n) is 11.1. The Morgan fingerprint density at radius 1 is 1.00 bits per heavy atom. The second-order valence-corrected chi connectivity index (χ2v) is 12.9. The third kappa shape index (κ3) is 5.48. The van der Waals surface area contributed by atoms with E-state index in [1.54, 1.807) is 30.3 Å². The number of methoxy groups -OCH3 is 1. The van der Waals surface area contributed by atoms with Gasteiger partial charge >= 0.3 is 0 Å². The van der Waals surface area contributed by atoms with E-state index in [-0.39, 0.29) is 40.2 Å². The van der Waals surface area contributed by atoms with Crippen molar-refractivity contribution in [2.75, 3.05) is 51.2 Å². The summed E-state index contributed by atoms with van der Waals surface area (Å²) in [5, 5.41) is 0. The van der Waals surface area contributed by atoms with Gasteiger partial charge in [-0.25, -0.2) is 17.8 Å². The molecular weight excluding hydrogens is 559 g/mol. The van der Waals surface area contributed by atoms with E-state index in [9.17, 15) is 13.2 Å². The van der Waals surface area contributed by atoms with Gasteiger partial charge in [-0.3, -0.25) is 4.79 Å². The number of benzene rings is 2. The molecule has 5 rings (SSSR count). The zero-order valence-electron chi connectivity index (χ0n) is 24.4. The van der Waals surface area contributed by atoms with Crippen molar-refractivity contribution in [2.24, 2.45) is 0 Å². The number of hydrogen-bond acceptors (Lipinski definition) is 8. The molecule has 11 heteroatoms. The average Bonchev–Trinajstić information content (AvgIpc) is 3.22. The summed E-state index contributed by atoms with van der Waals surface area (Å²) in [6, 6.07) is 15.0. The molecule has 0 bridgehead atoms. The van der Waals surface area contributed by atoms with Gasteiger partial charge in [0.2, 0.25) is 5.88 Å². The van der Waals surface area contributed by atoms with Crippen LogP contribution in [0, 0.1) is 5.82 Å². The first-order chi connectivity index (χ1) is 20.1. The lowest BCUT2D eigenvalue weighted by Crippen LogP contribution is -2.46. The zero-order valence-corrected chi connectivity index (χ0v) is 25.2. The molecule has 2 aliphatic heterocycles. The number of sulfonamides is 1. The summed E-state index contributed by atoms with van der Waals surface area (Å²) in [7, 11) is -0.876. The fourth-order valence-electron chi connectivity index (χ4n) is 5.77. The number of likely N-dealkylation sites (N-methyl/N-ethyl adjacent to an activating group) is 1. The molecule has 1 amide bonds. The number of pyridine rings is 1. The number of rotatable bonds is 10. The van der Waals surface area contributed by atoms with Gasteiger partial charge in [0, 0.05) is 37.8 Å². The largest absolute Gasteiger partial charge is 0.491 e. The summed E-state index contributed by atoms with van der Waals surface area (Å²) in [5.74, 6) is -0.649. The Morgan fingerprint density at radius 2 is 1.69 bits per heavy atom. The summed E-state index contributed by atoms with van der Waals surface area (Å²) in [6.07, 6.45) is 0.601. The molecule has 0 radical (unpaired) electrons. The van der Waals surface area contributed by atoms with Crippen molar-refractivity contribution in [3.05, 3.63) is 77.7 Å². The molecule has 1 atom stereocenters. The van der Waals surface area contributed by atoms with Crippen molar-refractivity contribution >= 4 is 21.6 Å². The molecule has 9 nitrogen and oxygen atoms in total. The van der Waals surface area contributed by atoms with Crippen molar-refractivity contribution in [1.29, 1.82) is 0 Å². The lowest BCUT2D eigenvalue weighted by Gasteiger charge is -2.34. The molecule has 0 saturated carbocycles. The Hall–Kier alpha value is -3.54. The highest BCUT2D eigenvalue weighted by molar-refractivity contribution is 7.93. The number of carbonyl (C=O) groups is 1. The molecular formula is C31H37FN4O5S. The minimum Gasteiger partial charge on any atom is -0.491 e. The summed E-state index contributed by atoms with van der Waals surface area (Å²) in [4.78, 5) is 23.7. The van der Waals surface area contributed by atoms with Gasteiger partial charge in [0.25, 0.3) is 15.9 Å². The van der Waals surface area contributed by atoms with E-state index < -0.39 is 27.2 Å². The SMILES string of the molecule is COc1ccc2c(n1)C(CCCN1CCN(C)CC1)(c1ccccc1F)C(=O)N2S(=O)(=O)c1ccc(OC(C)C)cc1. The number of fused-ring (bicyclic) bond motifs is 1. The van der Waals surface area contributed by atoms with Crippen molar-refractivity contribution in [3.63, 3.8) is 0 Å². The van der Waals surface area contributed by atoms with Gasteiger partial charge in [-0.15, -0.1) is 0 Å². The van der Waals surface area contributed by atoms with Gasteiger partial charge in [0.1, 0.15) is 17.0 Å². The van der Waals surface area contributed by atoms with Crippen LogP contribution in [0.3, 0.4) is 0 Å². The molecule has 1 saturated heterocycles. The smallest absolute Gasteiger partial charge is 0.271 e. The van der Waals surface area contributed by atoms with E-state index in [0.29, 0.717) is 18.7 Å². The molecule has 224 valence electrons. The summed E-state index contributed by atoms with van der Waals surface area (Å²) < 4.78 is 55.8. The zero-order chi connectivity index (χ0) is 30.1. The Morgan fingerprint density at radius 3 is 2.33 bits per heavy atom. The number of anilines is 1. The molecule has 3 aromatic rings. The molecule has 1 aromatic heterocycles. The molecule has 0 N–H and O–H groups in total. The lowest BCUT2D eigenvalue weighted by atomic mass is 9.74. The van der Waals surface area contributed by atoms with Crippen molar-refractivity contribution in [2.45, 2.75) is 43.1 Å². The molecule has 3 heterocycles. The average molecular weight is 597 g/mol. The van der Waals surface area contributed by atoms with Crippen LogP contribution in [-0.4, -0.2) is 82.1 Å². The quantitative estimate of drug-likeness (QED) is 0.346. The molecule has 0 aliphatic carbocycles. The van der Waals surface area contributed by atoms with Crippen LogP contribution in [0.2, 0.25) is 0 Å². The van der Waals surface area contributed by atoms with Crippen LogP contribution in [0.25, 0.3) is 0 Å². The van der Waals surface area contributed by atoms with Crippen LogP contribution >= 0.6 is 0 Å². The Labute approximate surface area is 246 Å². The summed E-state index contributed by atoms with van der Waals surface area (Å²) in [6.45, 7) is 8.07. The Bertz CT molecular complexity index is 1540. The van der Waals surface area contributed by atoms with Crippen LogP contribution < -0.4 is 13.8 Å². The van der Waals surface area contributed by atoms with Crippen molar-refractivity contribution in [3.8, 4) is 11.6 Å². The number of ether oxygens (including phenoxy) is 2. The number of carbonyl (C=O) groups excluding carboxylic acids is 1. The second kappa shape index (κ2) is 12.0. The van der Waals surface area contributed by atoms with E-state index in [1.807, 2.05) is 13.8 Å². The van der Waals surface area contributed by atoms with Crippen LogP contribution in [0.1, 0.15) is 37.9 Å². The Kier molecular flexibility index (Phi) is 8.54. The third-order valence-electron chi connectivity index (χ3n) is 7.92. The van der Waals surface area contributed by atoms with E-state index in [0.717, 1.165) is 30.5 Å². The number of hydrogen-bond donors (Lipinski definition) is 0. The van der Waals surface area contributed by atoms with Crippen LogP contribution in [0.15, 0.2) is 65.6 Å². The normalized spacial score (nSPS) is 19.8. The lowest BCUT2D eigenvalue weighted by molar-refractivity contribution is -0.121. The monoisotopic (exact) mass is 596 g/mol. The van der Waals surface area contributed by atoms with E-state index in [2.05, 4.69) is 21.8 Å². The fraction of sp³-hybridized carbons (Fsp3) is 0.419. The predicted molar refractivity (Wildman–Crippen MR) is 158 cm³/mol. The minimum absolute atomic E-state index is 0.0875. The minimum atomic E-state index is -4.40. The Balaban J connectivity index is 1.60. The molecule has 42 heavy (non-hydrogen) atoms. The first-order valence-electron chi connectivity index (χ1n) is 14.2. The maximum absolute atomic E-state index is 15.6. The third-order valence-corrected chi connectivity index (χ3v) is 9.63. The predicted octanol–water partition coefficient (Wildman–Crippen LogP) is 4.07. The maximum atomic E-state index is 15.6. The fourth-order valence-corrected chi connectivity index (χ4v) is 7.24. The highest BCUT2D eigenvalue weighted by atomic mass is 32.2. The van der Waals surface area contributed by atoms with Gasteiger partial charge in [-0.2, -0.15) is 4.31 Å². The first kappa shape index (κ1) is 29.9. The molecule has 2 aromatic carbocycles. The number of amides is 1. The van der Waals surface area contributed by atoms with Gasteiger partial charge in [-0.1, -0.05) is 18.2 Å². The number of halogens is 1. The number of piperazine rings is 1. The molecule has 2 aliphatic rings. The highest BCUT2D eigenvalue weighted by Gasteiger charge is 2.58. The highest BCUT2D eigenvalue weighted by Crippen LogP contribution is 2.51. The van der Waals surface area contributed by atoms with Crippen molar-refractivity contribution in [1.82, 2.24) is 14.8 Å². The van der Waals surface area contributed by atoms with Crippen LogP contribution in [0.5, 0.6) is 11.6 Å². The van der Waals surface area contributed by atoms with Gasteiger partial charge in [0.05, 0.1) is 29.5 Å². The van der Waals surface area contributed by atoms with E-state index >= 15 is 4.39 Å². The van der Waals surface area contributed by atoms with Gasteiger partial charge in [-0.05, 0) is 76.7 Å². The van der Waals surface area contributed by atoms with E-state index in [4.69, 9.17) is 9.47 Å². The van der Waals surface area contributed by atoms with E-state index in [1.165, 1.54) is 37.4 Å². The van der Waals surface area contributed by atoms with Crippen LogP contribution in [-0.2, 0) is 20.2 Å². The summed E-state index contributed by atoms with van der Waals surface area (Å²) in [5.41, 5.74) is -1.33. The van der Waals surface area contributed by atoms with Crippen molar-refractivity contribution < 1.29 is 27.1 Å².